The first-order chi connectivity index (χ1) is 26.5. The number of rotatable bonds is 20. The molecule has 12 heteroatoms. The van der Waals surface area contributed by atoms with E-state index >= 15 is 0 Å². The Morgan fingerprint density at radius 2 is 1.85 bits per heavy atom. The maximum absolute atomic E-state index is 14.1. The molecule has 1 saturated carbocycles. The number of carbonyl (C=O) groups is 2. The highest BCUT2D eigenvalue weighted by molar-refractivity contribution is 6.03. The maximum Gasteiger partial charge on any atom is 0.317 e. The number of ether oxygens (including phenoxy) is 3. The molecule has 1 saturated heterocycles. The number of oxime groups is 1. The maximum atomic E-state index is 14.1. The Bertz CT molecular complexity index is 1560. The number of amides is 3. The van der Waals surface area contributed by atoms with E-state index in [0.29, 0.717) is 63.3 Å². The molecule has 5 rings (SSSR count). The van der Waals surface area contributed by atoms with Crippen molar-refractivity contribution in [3.63, 3.8) is 0 Å². The Morgan fingerprint density at radius 1 is 1.11 bits per heavy atom. The van der Waals surface area contributed by atoms with E-state index < -0.39 is 23.3 Å². The van der Waals surface area contributed by atoms with Gasteiger partial charge in [0.1, 0.15) is 29.7 Å². The number of likely N-dealkylation sites (N-methyl/N-ethyl adjacent to an activating group) is 1. The SMILES string of the molecule is C=CCOc1ccc2c(c1)C1C(CCCCO)C(CCCCO)C=C3C(=NOC(C)(C)C)CC(N(C)C(=O)NCCCN4CCCC4=O)C(OCC=C)(O2)C31. The van der Waals surface area contributed by atoms with Gasteiger partial charge in [-0.15, -0.1) is 6.58 Å². The monoisotopic (exact) mass is 764 g/mol. The van der Waals surface area contributed by atoms with E-state index in [2.05, 4.69) is 30.6 Å². The lowest BCUT2D eigenvalue weighted by atomic mass is 9.55. The van der Waals surface area contributed by atoms with E-state index in [-0.39, 0.29) is 49.5 Å². The number of allylic oxidation sites excluding steroid dienone is 1. The second-order valence-corrected chi connectivity index (χ2v) is 16.3. The molecule has 0 spiro atoms. The molecule has 4 aliphatic rings. The van der Waals surface area contributed by atoms with Crippen LogP contribution in [0.5, 0.6) is 11.5 Å². The van der Waals surface area contributed by atoms with E-state index in [4.69, 9.17) is 24.2 Å². The van der Waals surface area contributed by atoms with Gasteiger partial charge in [0.25, 0.3) is 0 Å². The molecular formula is C43H64N4O8. The number of likely N-dealkylation sites (tertiary alicyclic amines) is 1. The van der Waals surface area contributed by atoms with Gasteiger partial charge in [-0.2, -0.15) is 0 Å². The van der Waals surface area contributed by atoms with E-state index in [1.807, 2.05) is 37.8 Å². The van der Waals surface area contributed by atoms with Crippen LogP contribution in [0.3, 0.4) is 0 Å². The second-order valence-electron chi connectivity index (χ2n) is 16.3. The van der Waals surface area contributed by atoms with Gasteiger partial charge >= 0.3 is 6.03 Å². The fourth-order valence-electron chi connectivity index (χ4n) is 8.84. The number of carbonyl (C=O) groups excluding carboxylic acids is 2. The summed E-state index contributed by atoms with van der Waals surface area (Å²) in [5.74, 6) is -0.104. The Hall–Kier alpha value is -3.87. The molecule has 6 atom stereocenters. The zero-order valence-corrected chi connectivity index (χ0v) is 33.5. The number of nitrogens with zero attached hydrogens (tertiary/aromatic N) is 3. The van der Waals surface area contributed by atoms with Gasteiger partial charge in [-0.25, -0.2) is 4.79 Å². The van der Waals surface area contributed by atoms with E-state index in [1.165, 1.54) is 0 Å². The van der Waals surface area contributed by atoms with Crippen LogP contribution in [-0.2, 0) is 14.4 Å². The number of benzene rings is 1. The van der Waals surface area contributed by atoms with E-state index in [9.17, 15) is 19.8 Å². The van der Waals surface area contributed by atoms with E-state index in [1.54, 1.807) is 24.1 Å². The van der Waals surface area contributed by atoms with Crippen LogP contribution in [-0.4, -0.2) is 108 Å². The molecule has 2 heterocycles. The average Bonchev–Trinajstić information content (AvgIpc) is 3.58. The van der Waals surface area contributed by atoms with Crippen molar-refractivity contribution < 1.29 is 38.9 Å². The summed E-state index contributed by atoms with van der Waals surface area (Å²) in [5, 5.41) is 27.6. The molecule has 0 bridgehead atoms. The van der Waals surface area contributed by atoms with Gasteiger partial charge in [0.15, 0.2) is 0 Å². The topological polar surface area (TPSA) is 142 Å². The Kier molecular flexibility index (Phi) is 14.9. The molecule has 3 amide bonds. The number of aliphatic hydroxyl groups excluding tert-OH is 2. The molecule has 304 valence electrons. The fraction of sp³-hybridized carbons (Fsp3) is 0.651. The van der Waals surface area contributed by atoms with Crippen molar-refractivity contribution in [2.24, 2.45) is 22.9 Å². The van der Waals surface area contributed by atoms with Gasteiger partial charge < -0.3 is 44.4 Å². The fourth-order valence-corrected chi connectivity index (χ4v) is 8.84. The zero-order chi connectivity index (χ0) is 39.6. The molecule has 6 unspecified atom stereocenters. The molecule has 0 aromatic heterocycles. The third kappa shape index (κ3) is 9.93. The van der Waals surface area contributed by atoms with Gasteiger partial charge in [-0.05, 0) is 94.9 Å². The van der Waals surface area contributed by atoms with Crippen molar-refractivity contribution in [2.75, 3.05) is 53.1 Å². The smallest absolute Gasteiger partial charge is 0.317 e. The van der Waals surface area contributed by atoms with Crippen molar-refractivity contribution >= 4 is 17.6 Å². The number of hydrogen-bond donors (Lipinski definition) is 3. The van der Waals surface area contributed by atoms with Crippen LogP contribution in [0, 0.1) is 17.8 Å². The number of nitrogens with one attached hydrogen (secondary N) is 1. The van der Waals surface area contributed by atoms with Crippen LogP contribution in [0.4, 0.5) is 4.79 Å². The summed E-state index contributed by atoms with van der Waals surface area (Å²) in [4.78, 5) is 36.0. The molecule has 2 aliphatic carbocycles. The average molecular weight is 765 g/mol. The first-order valence-corrected chi connectivity index (χ1v) is 20.3. The molecule has 0 radical (unpaired) electrons. The normalized spacial score (nSPS) is 26.4. The molecule has 1 aromatic carbocycles. The first kappa shape index (κ1) is 42.3. The largest absolute Gasteiger partial charge is 0.490 e. The summed E-state index contributed by atoms with van der Waals surface area (Å²) in [5.41, 5.74) is 2.16. The minimum atomic E-state index is -1.33. The van der Waals surface area contributed by atoms with Gasteiger partial charge in [-0.1, -0.05) is 42.8 Å². The molecular weight excluding hydrogens is 700 g/mol. The van der Waals surface area contributed by atoms with Crippen LogP contribution >= 0.6 is 0 Å². The van der Waals surface area contributed by atoms with Crippen molar-refractivity contribution in [1.82, 2.24) is 15.1 Å². The summed E-state index contributed by atoms with van der Waals surface area (Å²) >= 11 is 0. The lowest BCUT2D eigenvalue weighted by Gasteiger charge is -2.59. The summed E-state index contributed by atoms with van der Waals surface area (Å²) < 4.78 is 20.2. The van der Waals surface area contributed by atoms with Crippen LogP contribution in [0.15, 0.2) is 60.3 Å². The van der Waals surface area contributed by atoms with Crippen molar-refractivity contribution in [2.45, 2.75) is 108 Å². The number of aliphatic hydroxyl groups is 2. The van der Waals surface area contributed by atoms with Crippen molar-refractivity contribution in [3.8, 4) is 11.5 Å². The molecule has 2 fully saturated rings. The molecule has 2 aliphatic heterocycles. The lowest BCUT2D eigenvalue weighted by Crippen LogP contribution is -2.70. The highest BCUT2D eigenvalue weighted by atomic mass is 16.7. The molecule has 12 nitrogen and oxygen atoms in total. The first-order valence-electron chi connectivity index (χ1n) is 20.3. The summed E-state index contributed by atoms with van der Waals surface area (Å²) in [7, 11) is 1.78. The van der Waals surface area contributed by atoms with Gasteiger partial charge in [-0.3, -0.25) is 4.79 Å². The third-order valence-corrected chi connectivity index (χ3v) is 11.3. The predicted octanol–water partition coefficient (Wildman–Crippen LogP) is 6.34. The minimum Gasteiger partial charge on any atom is -0.490 e. The van der Waals surface area contributed by atoms with E-state index in [0.717, 1.165) is 55.5 Å². The van der Waals surface area contributed by atoms with Crippen LogP contribution < -0.4 is 14.8 Å². The van der Waals surface area contributed by atoms with Gasteiger partial charge in [0.05, 0.1) is 18.2 Å². The Morgan fingerprint density at radius 3 is 2.53 bits per heavy atom. The zero-order valence-electron chi connectivity index (χ0n) is 33.5. The van der Waals surface area contributed by atoms with Crippen molar-refractivity contribution in [1.29, 1.82) is 0 Å². The number of fused-ring (bicyclic) bond motifs is 2. The minimum absolute atomic E-state index is 0.110. The van der Waals surface area contributed by atoms with Gasteiger partial charge in [0.2, 0.25) is 11.7 Å². The van der Waals surface area contributed by atoms with Crippen LogP contribution in [0.2, 0.25) is 0 Å². The molecule has 55 heavy (non-hydrogen) atoms. The number of unbranched alkanes of at least 4 members (excludes halogenated alkanes) is 2. The van der Waals surface area contributed by atoms with Crippen LogP contribution in [0.25, 0.3) is 0 Å². The highest BCUT2D eigenvalue weighted by Crippen LogP contribution is 2.61. The Labute approximate surface area is 327 Å². The van der Waals surface area contributed by atoms with Crippen molar-refractivity contribution in [3.05, 3.63) is 60.7 Å². The standard InChI is InChI=1S/C43H64N4O8/c1-7-25-52-31-18-19-36-34(28-31)39-32(16-10-12-24-49)30(15-9-11-23-48)27-33-35(45-55-42(3,4)5)29-37(43(54-36,40(33)39)53-26-8-2)46(6)41(51)44-20-14-22-47-21-13-17-38(47)50/h7-8,18-19,27-28,30,32,37,39-40,48-49H,1-2,9-17,20-26,29H2,3-6H3,(H,44,51). The quantitative estimate of drug-likeness (QED) is 0.0794. The second kappa shape index (κ2) is 19.3. The molecule has 3 N–H and O–H groups in total. The van der Waals surface area contributed by atoms with Gasteiger partial charge in [0, 0.05) is 64.2 Å². The Balaban J connectivity index is 1.64. The highest BCUT2D eigenvalue weighted by Gasteiger charge is 2.65. The summed E-state index contributed by atoms with van der Waals surface area (Å²) in [6.07, 6.45) is 13.0. The number of hydrogen-bond acceptors (Lipinski definition) is 9. The third-order valence-electron chi connectivity index (χ3n) is 11.3. The summed E-state index contributed by atoms with van der Waals surface area (Å²) in [6.45, 7) is 16.3. The number of urea groups is 1. The van der Waals surface area contributed by atoms with Crippen LogP contribution in [0.1, 0.15) is 96.5 Å². The predicted molar refractivity (Wildman–Crippen MR) is 213 cm³/mol. The summed E-state index contributed by atoms with van der Waals surface area (Å²) in [6, 6.07) is 5.00. The molecule has 1 aromatic rings. The lowest BCUT2D eigenvalue weighted by molar-refractivity contribution is -0.252.